The minimum Gasteiger partial charge on any atom is -0.366 e. The Labute approximate surface area is 125 Å². The largest absolute Gasteiger partial charge is 0.366 e. The van der Waals surface area contributed by atoms with Gasteiger partial charge in [0, 0.05) is 11.3 Å². The van der Waals surface area contributed by atoms with Crippen LogP contribution in [0.15, 0.2) is 18.2 Å². The molecule has 1 rings (SSSR count). The van der Waals surface area contributed by atoms with E-state index in [0.717, 1.165) is 12.0 Å². The Balaban J connectivity index is 0.00000361. The second kappa shape index (κ2) is 7.87. The van der Waals surface area contributed by atoms with Crippen LogP contribution in [0.4, 0.5) is 5.69 Å². The van der Waals surface area contributed by atoms with Crippen LogP contribution in [0.2, 0.25) is 0 Å². The summed E-state index contributed by atoms with van der Waals surface area (Å²) in [7, 11) is 0. The third kappa shape index (κ3) is 4.51. The van der Waals surface area contributed by atoms with Crippen LogP contribution in [-0.2, 0) is 4.79 Å². The Morgan fingerprint density at radius 2 is 1.95 bits per heavy atom. The van der Waals surface area contributed by atoms with Gasteiger partial charge in [-0.15, -0.1) is 12.4 Å². The molecule has 0 spiro atoms. The van der Waals surface area contributed by atoms with Crippen molar-refractivity contribution in [3.8, 4) is 0 Å². The van der Waals surface area contributed by atoms with Crippen molar-refractivity contribution in [2.75, 3.05) is 5.32 Å². The van der Waals surface area contributed by atoms with E-state index in [1.807, 2.05) is 13.8 Å². The van der Waals surface area contributed by atoms with Gasteiger partial charge in [0.15, 0.2) is 0 Å². The number of rotatable bonds is 5. The predicted molar refractivity (Wildman–Crippen MR) is 83.0 cm³/mol. The first-order chi connectivity index (χ1) is 8.86. The van der Waals surface area contributed by atoms with Crippen molar-refractivity contribution in [1.29, 1.82) is 0 Å². The van der Waals surface area contributed by atoms with Gasteiger partial charge in [-0.25, -0.2) is 0 Å². The molecule has 0 aliphatic carbocycles. The number of benzene rings is 1. The highest BCUT2D eigenvalue weighted by Crippen LogP contribution is 2.16. The molecule has 0 saturated carbocycles. The van der Waals surface area contributed by atoms with Crippen molar-refractivity contribution in [1.82, 2.24) is 0 Å². The number of hydrogen-bond acceptors (Lipinski definition) is 3. The summed E-state index contributed by atoms with van der Waals surface area (Å²) < 4.78 is 0. The molecular formula is C14H22ClN3O2. The molecule has 5 N–H and O–H groups in total. The predicted octanol–water partition coefficient (Wildman–Crippen LogP) is 1.83. The van der Waals surface area contributed by atoms with Crippen molar-refractivity contribution in [2.45, 2.75) is 33.2 Å². The lowest BCUT2D eigenvalue weighted by molar-refractivity contribution is -0.118. The first-order valence-electron chi connectivity index (χ1n) is 6.33. The molecule has 0 aromatic heterocycles. The van der Waals surface area contributed by atoms with Gasteiger partial charge in [0.2, 0.25) is 11.8 Å². The Morgan fingerprint density at radius 1 is 1.35 bits per heavy atom. The summed E-state index contributed by atoms with van der Waals surface area (Å²) in [5, 5.41) is 2.75. The standard InChI is InChI=1S/C14H21N3O2.ClH/c1-4-8(2)12(15)14(19)17-10-5-6-11(13(16)18)9(3)7-10;/h5-8,12H,4,15H2,1-3H3,(H2,16,18)(H,17,19);1H. The zero-order valence-electron chi connectivity index (χ0n) is 12.0. The van der Waals surface area contributed by atoms with E-state index in [4.69, 9.17) is 11.5 Å². The van der Waals surface area contributed by atoms with Crippen molar-refractivity contribution < 1.29 is 9.59 Å². The molecular weight excluding hydrogens is 278 g/mol. The molecule has 0 bridgehead atoms. The fourth-order valence-corrected chi connectivity index (χ4v) is 1.76. The molecule has 2 atom stereocenters. The summed E-state index contributed by atoms with van der Waals surface area (Å²) in [4.78, 5) is 23.0. The zero-order chi connectivity index (χ0) is 14.6. The lowest BCUT2D eigenvalue weighted by Crippen LogP contribution is -2.40. The van der Waals surface area contributed by atoms with E-state index in [2.05, 4.69) is 5.32 Å². The lowest BCUT2D eigenvalue weighted by Gasteiger charge is -2.18. The summed E-state index contributed by atoms with van der Waals surface area (Å²) in [6, 6.07) is 4.42. The van der Waals surface area contributed by atoms with E-state index in [1.165, 1.54) is 0 Å². The number of primary amides is 1. The number of nitrogens with two attached hydrogens (primary N) is 2. The third-order valence-corrected chi connectivity index (χ3v) is 3.32. The van der Waals surface area contributed by atoms with Crippen LogP contribution in [0.25, 0.3) is 0 Å². The summed E-state index contributed by atoms with van der Waals surface area (Å²) >= 11 is 0. The second-order valence-corrected chi connectivity index (χ2v) is 4.79. The fourth-order valence-electron chi connectivity index (χ4n) is 1.76. The molecule has 6 heteroatoms. The maximum atomic E-state index is 11.9. The maximum Gasteiger partial charge on any atom is 0.248 e. The van der Waals surface area contributed by atoms with Crippen molar-refractivity contribution in [2.24, 2.45) is 17.4 Å². The molecule has 2 amide bonds. The number of nitrogens with one attached hydrogen (secondary N) is 1. The Hall–Kier alpha value is -1.59. The fraction of sp³-hybridized carbons (Fsp3) is 0.429. The number of carbonyl (C=O) groups is 2. The van der Waals surface area contributed by atoms with E-state index < -0.39 is 11.9 Å². The minimum atomic E-state index is -0.541. The number of carbonyl (C=O) groups excluding carboxylic acids is 2. The number of hydrogen-bond donors (Lipinski definition) is 3. The van der Waals surface area contributed by atoms with Crippen molar-refractivity contribution in [3.05, 3.63) is 29.3 Å². The van der Waals surface area contributed by atoms with Crippen LogP contribution in [0, 0.1) is 12.8 Å². The van der Waals surface area contributed by atoms with Gasteiger partial charge in [0.05, 0.1) is 6.04 Å². The van der Waals surface area contributed by atoms with Crippen LogP contribution in [0.3, 0.4) is 0 Å². The van der Waals surface area contributed by atoms with Crippen LogP contribution in [-0.4, -0.2) is 17.9 Å². The summed E-state index contributed by atoms with van der Waals surface area (Å²) in [5.41, 5.74) is 12.9. The lowest BCUT2D eigenvalue weighted by atomic mass is 9.99. The Kier molecular flexibility index (Phi) is 7.24. The molecule has 0 saturated heterocycles. The summed E-state index contributed by atoms with van der Waals surface area (Å²) in [6.45, 7) is 5.69. The molecule has 20 heavy (non-hydrogen) atoms. The Morgan fingerprint density at radius 3 is 2.40 bits per heavy atom. The van der Waals surface area contributed by atoms with Gasteiger partial charge in [-0.1, -0.05) is 20.3 Å². The molecule has 2 unspecified atom stereocenters. The molecule has 0 heterocycles. The molecule has 1 aromatic carbocycles. The molecule has 112 valence electrons. The highest BCUT2D eigenvalue weighted by atomic mass is 35.5. The first-order valence-corrected chi connectivity index (χ1v) is 6.33. The number of anilines is 1. The van der Waals surface area contributed by atoms with Gasteiger partial charge >= 0.3 is 0 Å². The van der Waals surface area contributed by atoms with Gasteiger partial charge in [0.1, 0.15) is 0 Å². The van der Waals surface area contributed by atoms with Crippen LogP contribution >= 0.6 is 12.4 Å². The van der Waals surface area contributed by atoms with Gasteiger partial charge in [-0.05, 0) is 36.6 Å². The minimum absolute atomic E-state index is 0. The van der Waals surface area contributed by atoms with Crippen LogP contribution < -0.4 is 16.8 Å². The number of aryl methyl sites for hydroxylation is 1. The van der Waals surface area contributed by atoms with Gasteiger partial charge in [-0.2, -0.15) is 0 Å². The highest BCUT2D eigenvalue weighted by Gasteiger charge is 2.19. The quantitative estimate of drug-likeness (QED) is 0.773. The van der Waals surface area contributed by atoms with Gasteiger partial charge in [-0.3, -0.25) is 9.59 Å². The molecule has 1 aromatic rings. The normalized spacial score (nSPS) is 13.0. The first kappa shape index (κ1) is 18.4. The number of halogens is 1. The maximum absolute atomic E-state index is 11.9. The summed E-state index contributed by atoms with van der Waals surface area (Å²) in [6.07, 6.45) is 0.841. The van der Waals surface area contributed by atoms with E-state index >= 15 is 0 Å². The molecule has 0 aliphatic heterocycles. The molecule has 5 nitrogen and oxygen atoms in total. The summed E-state index contributed by atoms with van der Waals surface area (Å²) in [5.74, 6) is -0.585. The van der Waals surface area contributed by atoms with E-state index in [0.29, 0.717) is 11.3 Å². The smallest absolute Gasteiger partial charge is 0.248 e. The SMILES string of the molecule is CCC(C)C(N)C(=O)Nc1ccc(C(N)=O)c(C)c1.Cl. The zero-order valence-corrected chi connectivity index (χ0v) is 12.8. The average molecular weight is 300 g/mol. The van der Waals surface area contributed by atoms with E-state index in [1.54, 1.807) is 25.1 Å². The highest BCUT2D eigenvalue weighted by molar-refractivity contribution is 5.97. The van der Waals surface area contributed by atoms with Gasteiger partial charge < -0.3 is 16.8 Å². The van der Waals surface area contributed by atoms with Crippen LogP contribution in [0.1, 0.15) is 36.2 Å². The molecule has 0 radical (unpaired) electrons. The van der Waals surface area contributed by atoms with E-state index in [-0.39, 0.29) is 24.2 Å². The molecule has 0 aliphatic rings. The van der Waals surface area contributed by atoms with Gasteiger partial charge in [0.25, 0.3) is 0 Å². The second-order valence-electron chi connectivity index (χ2n) is 4.79. The third-order valence-electron chi connectivity index (χ3n) is 3.32. The number of amides is 2. The Bertz CT molecular complexity index is 491. The van der Waals surface area contributed by atoms with E-state index in [9.17, 15) is 9.59 Å². The topological polar surface area (TPSA) is 98.2 Å². The van der Waals surface area contributed by atoms with Crippen LogP contribution in [0.5, 0.6) is 0 Å². The van der Waals surface area contributed by atoms with Crippen molar-refractivity contribution >= 4 is 29.9 Å². The molecule has 0 fully saturated rings. The van der Waals surface area contributed by atoms with Crippen molar-refractivity contribution in [3.63, 3.8) is 0 Å². The monoisotopic (exact) mass is 299 g/mol. The average Bonchev–Trinajstić information content (AvgIpc) is 2.36.